The van der Waals surface area contributed by atoms with E-state index in [1.165, 1.54) is 12.0 Å². The largest absolute Gasteiger partial charge is 0.499 e. The molecule has 196 valence electrons. The van der Waals surface area contributed by atoms with Gasteiger partial charge in [0.1, 0.15) is 12.2 Å². The van der Waals surface area contributed by atoms with E-state index in [1.807, 2.05) is 17.9 Å². The highest BCUT2D eigenvalue weighted by atomic mass is 16.5. The number of nitrogens with zero attached hydrogens (tertiary/aromatic N) is 3. The molecule has 1 aromatic carbocycles. The molecule has 0 saturated carbocycles. The molecule has 0 radical (unpaired) electrons. The lowest BCUT2D eigenvalue weighted by Crippen LogP contribution is -2.58. The van der Waals surface area contributed by atoms with Crippen molar-refractivity contribution in [2.45, 2.75) is 71.4 Å². The van der Waals surface area contributed by atoms with Gasteiger partial charge in [0.15, 0.2) is 0 Å². The molecule has 0 aromatic heterocycles. The average Bonchev–Trinajstić information content (AvgIpc) is 3.33. The third kappa shape index (κ3) is 5.94. The van der Waals surface area contributed by atoms with Crippen molar-refractivity contribution in [3.05, 3.63) is 59.5 Å². The lowest BCUT2D eigenvalue weighted by Gasteiger charge is -2.42. The monoisotopic (exact) mass is 494 g/mol. The number of unbranched alkanes of at least 4 members (excludes halogenated alkanes) is 2. The molecule has 3 aliphatic rings. The molecule has 3 aliphatic heterocycles. The lowest BCUT2D eigenvalue weighted by molar-refractivity contribution is -0.143. The standard InChI is InChI=1S/C29H42N4O3/c1-5-7-8-9-25-19-32(20-28(34)31-16-14-23(15-17-31)22(4)36-6-2)29(35)27-18-26(30-33(25)27)24-12-10-21(3)11-13-24/h10-13,18,23,25-26,30H,4-9,14-17,19-20H2,1-3H3. The normalized spacial score (nSPS) is 22.5. The van der Waals surface area contributed by atoms with Crippen molar-refractivity contribution in [2.75, 3.05) is 32.8 Å². The minimum Gasteiger partial charge on any atom is -0.499 e. The van der Waals surface area contributed by atoms with Gasteiger partial charge in [-0.15, -0.1) is 0 Å². The van der Waals surface area contributed by atoms with Crippen LogP contribution in [0.5, 0.6) is 0 Å². The van der Waals surface area contributed by atoms with Gasteiger partial charge in [-0.3, -0.25) is 14.6 Å². The van der Waals surface area contributed by atoms with E-state index in [0.29, 0.717) is 37.9 Å². The Morgan fingerprint density at radius 3 is 2.53 bits per heavy atom. The summed E-state index contributed by atoms with van der Waals surface area (Å²) in [5.41, 5.74) is 6.61. The Morgan fingerprint density at radius 1 is 1.14 bits per heavy atom. The Labute approximate surface area is 216 Å². The number of ether oxygens (including phenoxy) is 1. The number of nitrogens with one attached hydrogen (secondary N) is 1. The number of benzene rings is 1. The number of piperidine rings is 1. The van der Waals surface area contributed by atoms with E-state index in [1.54, 1.807) is 4.90 Å². The van der Waals surface area contributed by atoms with Crippen molar-refractivity contribution in [3.63, 3.8) is 0 Å². The van der Waals surface area contributed by atoms with Gasteiger partial charge in [0.05, 0.1) is 24.4 Å². The fourth-order valence-corrected chi connectivity index (χ4v) is 5.50. The fourth-order valence-electron chi connectivity index (χ4n) is 5.50. The van der Waals surface area contributed by atoms with Crippen LogP contribution >= 0.6 is 0 Å². The maximum absolute atomic E-state index is 13.5. The Balaban J connectivity index is 1.43. The highest BCUT2D eigenvalue weighted by Gasteiger charge is 2.41. The molecule has 1 aromatic rings. The summed E-state index contributed by atoms with van der Waals surface area (Å²) < 4.78 is 5.58. The number of amides is 2. The summed E-state index contributed by atoms with van der Waals surface area (Å²) in [5.74, 6) is 1.10. The zero-order valence-corrected chi connectivity index (χ0v) is 22.2. The molecular formula is C29H42N4O3. The molecule has 1 N–H and O–H groups in total. The summed E-state index contributed by atoms with van der Waals surface area (Å²) in [6, 6.07) is 8.56. The number of carbonyl (C=O) groups excluding carboxylic acids is 2. The predicted molar refractivity (Wildman–Crippen MR) is 142 cm³/mol. The van der Waals surface area contributed by atoms with Crippen LogP contribution in [0.25, 0.3) is 0 Å². The van der Waals surface area contributed by atoms with Crippen molar-refractivity contribution in [3.8, 4) is 0 Å². The first-order valence-electron chi connectivity index (χ1n) is 13.6. The van der Waals surface area contributed by atoms with Crippen LogP contribution < -0.4 is 5.43 Å². The molecule has 0 spiro atoms. The highest BCUT2D eigenvalue weighted by Crippen LogP contribution is 2.32. The molecule has 2 atom stereocenters. The zero-order chi connectivity index (χ0) is 25.7. The summed E-state index contributed by atoms with van der Waals surface area (Å²) in [5, 5.41) is 2.08. The van der Waals surface area contributed by atoms with Gasteiger partial charge >= 0.3 is 0 Å². The number of likely N-dealkylation sites (tertiary alicyclic amines) is 1. The first-order valence-corrected chi connectivity index (χ1v) is 13.6. The van der Waals surface area contributed by atoms with Crippen LogP contribution in [0.15, 0.2) is 48.4 Å². The second-order valence-corrected chi connectivity index (χ2v) is 10.3. The van der Waals surface area contributed by atoms with Crippen LogP contribution in [0.4, 0.5) is 0 Å². The summed E-state index contributed by atoms with van der Waals surface area (Å²) in [6.45, 7) is 13.0. The summed E-state index contributed by atoms with van der Waals surface area (Å²) >= 11 is 0. The summed E-state index contributed by atoms with van der Waals surface area (Å²) in [7, 11) is 0. The molecule has 3 heterocycles. The van der Waals surface area contributed by atoms with E-state index in [2.05, 4.69) is 55.1 Å². The second-order valence-electron chi connectivity index (χ2n) is 10.3. The molecule has 36 heavy (non-hydrogen) atoms. The number of fused-ring (bicyclic) bond motifs is 1. The van der Waals surface area contributed by atoms with Crippen molar-refractivity contribution in [2.24, 2.45) is 5.92 Å². The van der Waals surface area contributed by atoms with Gasteiger partial charge < -0.3 is 14.5 Å². The van der Waals surface area contributed by atoms with E-state index in [0.717, 1.165) is 43.4 Å². The third-order valence-electron chi connectivity index (χ3n) is 7.70. The Bertz CT molecular complexity index is 965. The van der Waals surface area contributed by atoms with Crippen LogP contribution in [0.1, 0.15) is 69.5 Å². The number of aryl methyl sites for hydroxylation is 1. The number of hydrogen-bond acceptors (Lipinski definition) is 5. The molecule has 2 unspecified atom stereocenters. The Hall–Kier alpha value is -2.80. The van der Waals surface area contributed by atoms with Crippen LogP contribution in [0.3, 0.4) is 0 Å². The predicted octanol–water partition coefficient (Wildman–Crippen LogP) is 4.32. The average molecular weight is 495 g/mol. The van der Waals surface area contributed by atoms with E-state index in [-0.39, 0.29) is 30.4 Å². The molecule has 2 saturated heterocycles. The molecule has 2 amide bonds. The minimum atomic E-state index is -0.0585. The van der Waals surface area contributed by atoms with Gasteiger partial charge in [-0.2, -0.15) is 0 Å². The van der Waals surface area contributed by atoms with Crippen LogP contribution in [0, 0.1) is 12.8 Å². The molecule has 0 bridgehead atoms. The molecule has 7 nitrogen and oxygen atoms in total. The maximum Gasteiger partial charge on any atom is 0.271 e. The van der Waals surface area contributed by atoms with Gasteiger partial charge in [0.2, 0.25) is 5.91 Å². The van der Waals surface area contributed by atoms with Crippen molar-refractivity contribution < 1.29 is 14.3 Å². The second kappa shape index (κ2) is 12.0. The SMILES string of the molecule is C=C(OCC)C1CCN(C(=O)CN2CC(CCCCC)N3NC(c4ccc(C)cc4)C=C3C2=O)CC1. The van der Waals surface area contributed by atoms with Gasteiger partial charge in [-0.05, 0) is 44.7 Å². The number of piperazine rings is 1. The first kappa shape index (κ1) is 26.3. The van der Waals surface area contributed by atoms with Crippen molar-refractivity contribution in [1.82, 2.24) is 20.2 Å². The summed E-state index contributed by atoms with van der Waals surface area (Å²) in [6.07, 6.45) is 8.16. The maximum atomic E-state index is 13.5. The topological polar surface area (TPSA) is 65.1 Å². The van der Waals surface area contributed by atoms with Gasteiger partial charge in [0.25, 0.3) is 5.91 Å². The first-order chi connectivity index (χ1) is 17.4. The van der Waals surface area contributed by atoms with Crippen LogP contribution in [-0.4, -0.2) is 65.5 Å². The van der Waals surface area contributed by atoms with E-state index in [4.69, 9.17) is 4.74 Å². The lowest BCUT2D eigenvalue weighted by atomic mass is 9.95. The van der Waals surface area contributed by atoms with E-state index >= 15 is 0 Å². The molecule has 7 heteroatoms. The van der Waals surface area contributed by atoms with Crippen molar-refractivity contribution >= 4 is 11.8 Å². The highest BCUT2D eigenvalue weighted by molar-refractivity contribution is 5.96. The van der Waals surface area contributed by atoms with Crippen LogP contribution in [-0.2, 0) is 14.3 Å². The zero-order valence-electron chi connectivity index (χ0n) is 22.2. The summed E-state index contributed by atoms with van der Waals surface area (Å²) in [4.78, 5) is 30.4. The van der Waals surface area contributed by atoms with E-state index in [9.17, 15) is 9.59 Å². The molecular weight excluding hydrogens is 452 g/mol. The number of hydrazine groups is 1. The number of allylic oxidation sites excluding steroid dienone is 1. The molecule has 4 rings (SSSR count). The van der Waals surface area contributed by atoms with E-state index < -0.39 is 0 Å². The fraction of sp³-hybridized carbons (Fsp3) is 0.586. The minimum absolute atomic E-state index is 0.0335. The molecule has 0 aliphatic carbocycles. The van der Waals surface area contributed by atoms with Gasteiger partial charge in [-0.25, -0.2) is 5.43 Å². The number of hydrogen-bond donors (Lipinski definition) is 1. The third-order valence-corrected chi connectivity index (χ3v) is 7.70. The Kier molecular flexibility index (Phi) is 8.72. The van der Waals surface area contributed by atoms with Gasteiger partial charge in [0, 0.05) is 25.6 Å². The Morgan fingerprint density at radius 2 is 1.86 bits per heavy atom. The van der Waals surface area contributed by atoms with Crippen LogP contribution in [0.2, 0.25) is 0 Å². The van der Waals surface area contributed by atoms with Crippen molar-refractivity contribution in [1.29, 1.82) is 0 Å². The number of rotatable bonds is 10. The molecule has 2 fully saturated rings. The van der Waals surface area contributed by atoms with Gasteiger partial charge in [-0.1, -0.05) is 62.6 Å². The number of carbonyl (C=O) groups is 2. The quantitative estimate of drug-likeness (QED) is 0.388. The smallest absolute Gasteiger partial charge is 0.271 e.